The van der Waals surface area contributed by atoms with Crippen molar-refractivity contribution in [3.8, 4) is 11.4 Å². The van der Waals surface area contributed by atoms with Gasteiger partial charge in [-0.05, 0) is 24.6 Å². The van der Waals surface area contributed by atoms with Gasteiger partial charge in [-0.2, -0.15) is 5.10 Å². The monoisotopic (exact) mass is 482 g/mol. The van der Waals surface area contributed by atoms with Crippen LogP contribution in [0.25, 0.3) is 27.8 Å². The first-order valence-corrected chi connectivity index (χ1v) is 11.3. The normalized spacial score (nSPS) is 18.5. The largest absolute Gasteiger partial charge is 0.494 e. The van der Waals surface area contributed by atoms with Crippen molar-refractivity contribution < 1.29 is 28.5 Å². The molecule has 1 aliphatic rings. The Labute approximate surface area is 200 Å². The van der Waals surface area contributed by atoms with Crippen molar-refractivity contribution in [1.82, 2.24) is 19.7 Å². The molecule has 2 atom stereocenters. The van der Waals surface area contributed by atoms with Crippen molar-refractivity contribution in [3.05, 3.63) is 47.5 Å². The van der Waals surface area contributed by atoms with Gasteiger partial charge in [-0.3, -0.25) is 5.10 Å². The summed E-state index contributed by atoms with van der Waals surface area (Å²) >= 11 is 0. The number of aliphatic carboxylic acids is 1. The van der Waals surface area contributed by atoms with Crippen molar-refractivity contribution in [2.45, 2.75) is 37.7 Å². The molecule has 1 fully saturated rings. The molecule has 5 rings (SSSR count). The zero-order chi connectivity index (χ0) is 24.9. The quantitative estimate of drug-likeness (QED) is 0.411. The van der Waals surface area contributed by atoms with E-state index in [4.69, 9.17) is 19.2 Å². The van der Waals surface area contributed by atoms with Gasteiger partial charge < -0.3 is 23.9 Å². The van der Waals surface area contributed by atoms with Gasteiger partial charge in [-0.25, -0.2) is 14.2 Å². The van der Waals surface area contributed by atoms with Gasteiger partial charge in [0.15, 0.2) is 23.3 Å². The fraction of sp³-hybridized carbons (Fsp3) is 0.400. The predicted octanol–water partition coefficient (Wildman–Crippen LogP) is 3.93. The summed E-state index contributed by atoms with van der Waals surface area (Å²) in [5, 5.41) is 17.4. The van der Waals surface area contributed by atoms with Gasteiger partial charge in [0.2, 0.25) is 0 Å². The number of hydrogen-bond donors (Lipinski definition) is 2. The van der Waals surface area contributed by atoms with Crippen LogP contribution in [-0.4, -0.2) is 64.4 Å². The Balaban J connectivity index is 1.87. The lowest BCUT2D eigenvalue weighted by Gasteiger charge is -2.29. The van der Waals surface area contributed by atoms with E-state index in [2.05, 4.69) is 24.0 Å². The van der Waals surface area contributed by atoms with Crippen LogP contribution in [0.3, 0.4) is 0 Å². The molecule has 0 amide bonds. The molecule has 9 nitrogen and oxygen atoms in total. The molecule has 0 radical (unpaired) electrons. The average Bonchev–Trinajstić information content (AvgIpc) is 3.54. The summed E-state index contributed by atoms with van der Waals surface area (Å²) < 4.78 is 32.9. The average molecular weight is 483 g/mol. The Morgan fingerprint density at radius 3 is 2.83 bits per heavy atom. The van der Waals surface area contributed by atoms with Crippen molar-refractivity contribution in [2.75, 3.05) is 27.4 Å². The first-order valence-electron chi connectivity index (χ1n) is 11.3. The maximum Gasteiger partial charge on any atom is 0.332 e. The lowest BCUT2D eigenvalue weighted by Crippen LogP contribution is -2.29. The summed E-state index contributed by atoms with van der Waals surface area (Å²) in [5.74, 6) is -1.54. The van der Waals surface area contributed by atoms with Gasteiger partial charge in [0.25, 0.3) is 0 Å². The molecular weight excluding hydrogens is 455 g/mol. The topological polar surface area (TPSA) is 111 Å². The van der Waals surface area contributed by atoms with E-state index in [1.165, 1.54) is 13.2 Å². The highest BCUT2D eigenvalue weighted by Gasteiger charge is 2.40. The number of H-pyrrole nitrogens is 1. The molecule has 1 saturated heterocycles. The molecule has 184 valence electrons. The molecule has 10 heteroatoms. The second-order valence-electron chi connectivity index (χ2n) is 9.49. The van der Waals surface area contributed by atoms with E-state index in [-0.39, 0.29) is 18.3 Å². The molecule has 0 bridgehead atoms. The molecule has 4 aromatic rings. The molecule has 3 aromatic heterocycles. The number of methoxy groups -OCH3 is 2. The van der Waals surface area contributed by atoms with Crippen LogP contribution in [0.5, 0.6) is 5.75 Å². The van der Waals surface area contributed by atoms with Gasteiger partial charge >= 0.3 is 5.97 Å². The van der Waals surface area contributed by atoms with Gasteiger partial charge in [-0.15, -0.1) is 0 Å². The highest BCUT2D eigenvalue weighted by atomic mass is 19.1. The molecule has 1 aromatic carbocycles. The number of halogens is 1. The highest BCUT2D eigenvalue weighted by Crippen LogP contribution is 2.44. The third kappa shape index (κ3) is 3.82. The highest BCUT2D eigenvalue weighted by molar-refractivity contribution is 5.94. The van der Waals surface area contributed by atoms with Gasteiger partial charge in [-0.1, -0.05) is 13.8 Å². The molecule has 4 heterocycles. The maximum atomic E-state index is 14.3. The van der Waals surface area contributed by atoms with E-state index >= 15 is 0 Å². The Morgan fingerprint density at radius 2 is 2.14 bits per heavy atom. The molecule has 35 heavy (non-hydrogen) atoms. The Hall–Kier alpha value is -3.50. The minimum absolute atomic E-state index is 0.119. The smallest absolute Gasteiger partial charge is 0.332 e. The van der Waals surface area contributed by atoms with Crippen molar-refractivity contribution >= 4 is 28.0 Å². The Kier molecular flexibility index (Phi) is 5.72. The summed E-state index contributed by atoms with van der Waals surface area (Å²) in [6.07, 6.45) is 1.13. The van der Waals surface area contributed by atoms with Crippen LogP contribution in [0.2, 0.25) is 0 Å². The lowest BCUT2D eigenvalue weighted by molar-refractivity contribution is -0.147. The van der Waals surface area contributed by atoms with Gasteiger partial charge in [0.1, 0.15) is 0 Å². The minimum Gasteiger partial charge on any atom is -0.494 e. The molecule has 0 spiro atoms. The summed E-state index contributed by atoms with van der Waals surface area (Å²) in [6, 6.07) is 6.70. The van der Waals surface area contributed by atoms with Crippen LogP contribution in [0.4, 0.5) is 4.39 Å². The second-order valence-corrected chi connectivity index (χ2v) is 9.49. The number of benzene rings is 1. The molecule has 1 aliphatic heterocycles. The summed E-state index contributed by atoms with van der Waals surface area (Å²) in [6.45, 7) is 4.76. The Morgan fingerprint density at radius 1 is 1.34 bits per heavy atom. The van der Waals surface area contributed by atoms with Gasteiger partial charge in [0, 0.05) is 46.8 Å². The SMILES string of the molecule is COCC(C)(C)c1c([C@H]2CO[C@H](C(=O)O)C2)c2nc3[nH]ncc3cc2n1-c1ccc(F)c(OC)c1. The van der Waals surface area contributed by atoms with E-state index in [0.29, 0.717) is 29.9 Å². The molecular formula is C25H27FN4O5. The minimum atomic E-state index is -0.985. The number of ether oxygens (including phenoxy) is 3. The standard InChI is InChI=1S/C25H27FN4O5/c1-25(2,12-33-3)22-20(14-8-19(24(31)32)35-11-14)21-17(7-13-10-27-29-23(13)28-21)30(22)15-5-6-16(26)18(9-15)34-4/h5-7,9-10,14,19H,8,11-12H2,1-4H3,(H,31,32)(H,27,28,29)/t14-,19+/m1/s1. The first kappa shape index (κ1) is 23.3. The van der Waals surface area contributed by atoms with Crippen LogP contribution in [-0.2, 0) is 19.7 Å². The van der Waals surface area contributed by atoms with Crippen LogP contribution < -0.4 is 4.74 Å². The number of pyridine rings is 1. The second kappa shape index (κ2) is 8.62. The fourth-order valence-corrected chi connectivity index (χ4v) is 5.13. The van der Waals surface area contributed by atoms with Crippen molar-refractivity contribution in [2.24, 2.45) is 0 Å². The summed E-state index contributed by atoms with van der Waals surface area (Å²) in [7, 11) is 3.07. The van der Waals surface area contributed by atoms with E-state index in [9.17, 15) is 14.3 Å². The number of aromatic amines is 1. The fourth-order valence-electron chi connectivity index (χ4n) is 5.13. The van der Waals surface area contributed by atoms with Crippen LogP contribution in [0, 0.1) is 5.82 Å². The van der Waals surface area contributed by atoms with E-state index in [1.807, 2.05) is 10.6 Å². The number of fused-ring (bicyclic) bond motifs is 2. The van der Waals surface area contributed by atoms with E-state index in [0.717, 1.165) is 22.2 Å². The third-order valence-corrected chi connectivity index (χ3v) is 6.60. The molecule has 2 N–H and O–H groups in total. The third-order valence-electron chi connectivity index (χ3n) is 6.60. The first-order chi connectivity index (χ1) is 16.7. The van der Waals surface area contributed by atoms with Crippen LogP contribution in [0.1, 0.15) is 37.4 Å². The number of nitrogens with one attached hydrogen (secondary N) is 1. The molecule has 0 aliphatic carbocycles. The van der Waals surface area contributed by atoms with Crippen LogP contribution in [0.15, 0.2) is 30.5 Å². The summed E-state index contributed by atoms with van der Waals surface area (Å²) in [5.41, 5.74) is 4.10. The molecule has 0 unspecified atom stereocenters. The number of carbonyl (C=O) groups is 1. The summed E-state index contributed by atoms with van der Waals surface area (Å²) in [4.78, 5) is 16.6. The van der Waals surface area contributed by atoms with Crippen molar-refractivity contribution in [1.29, 1.82) is 0 Å². The number of carboxylic acids is 1. The number of aromatic nitrogens is 4. The predicted molar refractivity (Wildman–Crippen MR) is 127 cm³/mol. The maximum absolute atomic E-state index is 14.3. The lowest BCUT2D eigenvalue weighted by atomic mass is 9.82. The zero-order valence-electron chi connectivity index (χ0n) is 20.0. The van der Waals surface area contributed by atoms with Gasteiger partial charge in [0.05, 0.1) is 37.6 Å². The van der Waals surface area contributed by atoms with Crippen LogP contribution >= 0.6 is 0 Å². The van der Waals surface area contributed by atoms with Crippen molar-refractivity contribution in [3.63, 3.8) is 0 Å². The van der Waals surface area contributed by atoms with E-state index in [1.54, 1.807) is 25.4 Å². The number of hydrogen-bond acceptors (Lipinski definition) is 6. The number of rotatable bonds is 7. The molecule has 0 saturated carbocycles. The number of nitrogens with zero attached hydrogens (tertiary/aromatic N) is 3. The zero-order valence-corrected chi connectivity index (χ0v) is 20.0. The number of carboxylic acid groups (broad SMARTS) is 1. The Bertz CT molecular complexity index is 1430. The van der Waals surface area contributed by atoms with E-state index < -0.39 is 23.3 Å².